The maximum atomic E-state index is 12.7. The molecule has 0 aliphatic rings. The van der Waals surface area contributed by atoms with Gasteiger partial charge >= 0.3 is 35.0 Å². The number of ether oxygens (including phenoxy) is 3. The Morgan fingerprint density at radius 1 is 0.677 bits per heavy atom. The van der Waals surface area contributed by atoms with Crippen LogP contribution in [0, 0.1) is 0 Å². The maximum absolute atomic E-state index is 12.7. The lowest BCUT2D eigenvalue weighted by Gasteiger charge is -2.20. The van der Waals surface area contributed by atoms with Crippen molar-refractivity contribution in [2.24, 2.45) is 0 Å². The van der Waals surface area contributed by atoms with E-state index in [1.807, 2.05) is 0 Å². The molecule has 31 heavy (non-hydrogen) atoms. The first kappa shape index (κ1) is 25.9. The molecule has 0 saturated carbocycles. The van der Waals surface area contributed by atoms with Crippen LogP contribution in [0.1, 0.15) is 48.5 Å². The zero-order valence-electron chi connectivity index (χ0n) is 18.8. The summed E-state index contributed by atoms with van der Waals surface area (Å²) in [7, 11) is 0. The number of rotatable bonds is 8. The van der Waals surface area contributed by atoms with E-state index in [4.69, 9.17) is 14.2 Å². The summed E-state index contributed by atoms with van der Waals surface area (Å²) < 4.78 is 16.2. The molecule has 0 aliphatic heterocycles. The molecule has 0 saturated heterocycles. The number of hydrogen-bond acceptors (Lipinski definition) is 9. The third-order valence-corrected chi connectivity index (χ3v) is 3.40. The zero-order valence-corrected chi connectivity index (χ0v) is 18.8. The molecule has 0 aromatic carbocycles. The van der Waals surface area contributed by atoms with Gasteiger partial charge in [-0.2, -0.15) is 0 Å². The lowest BCUT2D eigenvalue weighted by Crippen LogP contribution is -2.56. The van der Waals surface area contributed by atoms with Crippen LogP contribution in [0.15, 0.2) is 14.4 Å². The van der Waals surface area contributed by atoms with Crippen molar-refractivity contribution in [1.29, 1.82) is 0 Å². The molecule has 0 amide bonds. The summed E-state index contributed by atoms with van der Waals surface area (Å²) in [5.74, 6) is -2.74. The van der Waals surface area contributed by atoms with Gasteiger partial charge in [-0.1, -0.05) is 0 Å². The molecule has 12 nitrogen and oxygen atoms in total. The van der Waals surface area contributed by atoms with Crippen molar-refractivity contribution in [2.75, 3.05) is 0 Å². The summed E-state index contributed by atoms with van der Waals surface area (Å²) in [5, 5.41) is 0. The Morgan fingerprint density at radius 2 is 0.968 bits per heavy atom. The van der Waals surface area contributed by atoms with Crippen LogP contribution in [0.2, 0.25) is 0 Å². The van der Waals surface area contributed by atoms with E-state index in [-0.39, 0.29) is 0 Å². The van der Waals surface area contributed by atoms with Crippen molar-refractivity contribution in [3.8, 4) is 0 Å². The third-order valence-electron chi connectivity index (χ3n) is 3.40. The second-order valence-corrected chi connectivity index (χ2v) is 8.27. The maximum Gasteiger partial charge on any atom is 0.337 e. The summed E-state index contributed by atoms with van der Waals surface area (Å²) in [6.07, 6.45) is -1.03. The van der Waals surface area contributed by atoms with Crippen LogP contribution in [-0.2, 0) is 48.2 Å². The van der Waals surface area contributed by atoms with Gasteiger partial charge in [0.1, 0.15) is 25.2 Å². The van der Waals surface area contributed by atoms with Crippen molar-refractivity contribution < 1.29 is 28.6 Å². The summed E-state index contributed by atoms with van der Waals surface area (Å²) in [6.45, 7) is 8.62. The summed E-state index contributed by atoms with van der Waals surface area (Å²) in [4.78, 5) is 74.4. The van der Waals surface area contributed by atoms with Gasteiger partial charge in [0.15, 0.2) is 0 Å². The molecular weight excluding hydrogens is 414 g/mol. The molecule has 0 aliphatic carbocycles. The second-order valence-electron chi connectivity index (χ2n) is 8.27. The van der Waals surface area contributed by atoms with Gasteiger partial charge in [-0.05, 0) is 48.5 Å². The van der Waals surface area contributed by atoms with Crippen LogP contribution in [0.3, 0.4) is 0 Å². The Balaban J connectivity index is 3.53. The van der Waals surface area contributed by atoms with E-state index in [1.54, 1.807) is 48.5 Å². The van der Waals surface area contributed by atoms with Crippen molar-refractivity contribution >= 4 is 17.9 Å². The highest BCUT2D eigenvalue weighted by molar-refractivity contribution is 5.70. The molecule has 1 aromatic heterocycles. The quantitative estimate of drug-likeness (QED) is 0.380. The molecule has 0 atom stereocenters. The first-order valence-corrected chi connectivity index (χ1v) is 9.67. The molecule has 174 valence electrons. The van der Waals surface area contributed by atoms with Gasteiger partial charge in [-0.15, -0.1) is 0 Å². The number of aromatic nitrogens is 3. The third kappa shape index (κ3) is 7.87. The zero-order chi connectivity index (χ0) is 24.1. The van der Waals surface area contributed by atoms with Crippen molar-refractivity contribution in [2.45, 2.75) is 85.9 Å². The van der Waals surface area contributed by atoms with Gasteiger partial charge in [-0.25, -0.2) is 28.1 Å². The van der Waals surface area contributed by atoms with E-state index < -0.39 is 72.4 Å². The molecular formula is C19H29N3O9. The number of nitrogens with zero attached hydrogens (tertiary/aromatic N) is 3. The first-order chi connectivity index (χ1) is 14.1. The Kier molecular flexibility index (Phi) is 8.53. The topological polar surface area (TPSA) is 145 Å². The smallest absolute Gasteiger partial charge is 0.337 e. The molecule has 0 radical (unpaired) electrons. The Bertz CT molecular complexity index is 944. The van der Waals surface area contributed by atoms with Crippen LogP contribution in [0.4, 0.5) is 0 Å². The van der Waals surface area contributed by atoms with E-state index >= 15 is 0 Å². The monoisotopic (exact) mass is 443 g/mol. The van der Waals surface area contributed by atoms with E-state index in [9.17, 15) is 28.8 Å². The molecule has 1 aromatic rings. The standard InChI is InChI=1S/C19H29N3O9/c1-11(2)29-13(23)8-20-16(26)21(9-14(24)30-12(3)4)18(28)22(17(20)27)10-15(25)31-19(5,6)7/h11-12H,8-10H2,1-7H3. The van der Waals surface area contributed by atoms with Crippen molar-refractivity contribution in [3.05, 3.63) is 31.5 Å². The van der Waals surface area contributed by atoms with Crippen LogP contribution >= 0.6 is 0 Å². The van der Waals surface area contributed by atoms with Crippen LogP contribution in [0.25, 0.3) is 0 Å². The average molecular weight is 443 g/mol. The molecule has 1 rings (SSSR count). The Labute approximate surface area is 178 Å². The van der Waals surface area contributed by atoms with Crippen LogP contribution in [-0.4, -0.2) is 49.4 Å². The van der Waals surface area contributed by atoms with Gasteiger partial charge in [-0.3, -0.25) is 14.4 Å². The summed E-state index contributed by atoms with van der Waals surface area (Å²) in [6, 6.07) is 0. The highest BCUT2D eigenvalue weighted by Gasteiger charge is 2.24. The lowest BCUT2D eigenvalue weighted by molar-refractivity contribution is -0.155. The highest BCUT2D eigenvalue weighted by atomic mass is 16.6. The van der Waals surface area contributed by atoms with Gasteiger partial charge in [0, 0.05) is 0 Å². The fraction of sp³-hybridized carbons (Fsp3) is 0.684. The van der Waals surface area contributed by atoms with Gasteiger partial charge in [0.05, 0.1) is 12.2 Å². The van der Waals surface area contributed by atoms with Crippen LogP contribution in [0.5, 0.6) is 0 Å². The SMILES string of the molecule is CC(C)OC(=O)Cn1c(=O)n(CC(=O)OC(C)C)c(=O)n(CC(=O)OC(C)(C)C)c1=O. The normalized spacial score (nSPS) is 11.5. The summed E-state index contributed by atoms with van der Waals surface area (Å²) >= 11 is 0. The number of esters is 3. The van der Waals surface area contributed by atoms with E-state index in [2.05, 4.69) is 0 Å². The molecule has 12 heteroatoms. The fourth-order valence-corrected chi connectivity index (χ4v) is 2.45. The molecule has 0 N–H and O–H groups in total. The van der Waals surface area contributed by atoms with E-state index in [0.29, 0.717) is 13.7 Å². The fourth-order valence-electron chi connectivity index (χ4n) is 2.45. The van der Waals surface area contributed by atoms with Gasteiger partial charge < -0.3 is 14.2 Å². The highest BCUT2D eigenvalue weighted by Crippen LogP contribution is 2.06. The van der Waals surface area contributed by atoms with Crippen molar-refractivity contribution in [1.82, 2.24) is 13.7 Å². The molecule has 1 heterocycles. The minimum absolute atomic E-state index is 0.416. The number of carbonyl (C=O) groups excluding carboxylic acids is 3. The Morgan fingerprint density at radius 3 is 1.23 bits per heavy atom. The minimum atomic E-state index is -1.21. The number of hydrogen-bond donors (Lipinski definition) is 0. The van der Waals surface area contributed by atoms with E-state index in [1.165, 1.54) is 0 Å². The number of carbonyl (C=O) groups is 3. The van der Waals surface area contributed by atoms with Crippen molar-refractivity contribution in [3.63, 3.8) is 0 Å². The predicted molar refractivity (Wildman–Crippen MR) is 108 cm³/mol. The van der Waals surface area contributed by atoms with Gasteiger partial charge in [0.25, 0.3) is 0 Å². The van der Waals surface area contributed by atoms with E-state index in [0.717, 1.165) is 0 Å². The molecule has 0 bridgehead atoms. The molecule has 0 fully saturated rings. The largest absolute Gasteiger partial charge is 0.462 e. The van der Waals surface area contributed by atoms with Gasteiger partial charge in [0.2, 0.25) is 0 Å². The molecule has 0 spiro atoms. The Hall–Kier alpha value is -3.18. The molecule has 0 unspecified atom stereocenters. The first-order valence-electron chi connectivity index (χ1n) is 9.67. The van der Waals surface area contributed by atoms with Crippen LogP contribution < -0.4 is 17.1 Å². The average Bonchev–Trinajstić information content (AvgIpc) is 2.56. The minimum Gasteiger partial charge on any atom is -0.462 e. The predicted octanol–water partition coefficient (Wildman–Crippen LogP) is -0.583. The summed E-state index contributed by atoms with van der Waals surface area (Å²) in [5.41, 5.74) is -4.53. The second kappa shape index (κ2) is 10.2. The lowest BCUT2D eigenvalue weighted by atomic mass is 10.2.